The van der Waals surface area contributed by atoms with E-state index in [-0.39, 0.29) is 12.1 Å². The van der Waals surface area contributed by atoms with Crippen LogP contribution in [-0.2, 0) is 13.1 Å². The van der Waals surface area contributed by atoms with Crippen LogP contribution < -0.4 is 11.3 Å². The summed E-state index contributed by atoms with van der Waals surface area (Å²) in [6, 6.07) is 10.7. The van der Waals surface area contributed by atoms with E-state index in [2.05, 4.69) is 10.3 Å². The molecule has 0 atom stereocenters. The fraction of sp³-hybridized carbons (Fsp3) is 0.154. The second-order valence-electron chi connectivity index (χ2n) is 4.14. The molecule has 2 N–H and O–H groups in total. The Hall–Kier alpha value is -2.47. The van der Waals surface area contributed by atoms with Crippen LogP contribution in [0.4, 0.5) is 0 Å². The van der Waals surface area contributed by atoms with Crippen molar-refractivity contribution in [2.24, 2.45) is 5.73 Å². The van der Waals surface area contributed by atoms with E-state index in [0.29, 0.717) is 29.0 Å². The lowest BCUT2D eigenvalue weighted by atomic mass is 10.2. The largest absolute Gasteiger partial charge is 0.463 e. The maximum absolute atomic E-state index is 12.2. The fourth-order valence-corrected chi connectivity index (χ4v) is 1.89. The molecule has 0 aliphatic carbocycles. The maximum atomic E-state index is 12.2. The molecule has 1 aromatic carbocycles. The number of nitrogens with zero attached hydrogens (tertiary/aromatic N) is 3. The number of fused-ring (bicyclic) bond motifs is 1. The molecule has 6 nitrogen and oxygen atoms in total. The zero-order chi connectivity index (χ0) is 13.2. The minimum Gasteiger partial charge on any atom is -0.463 e. The topological polar surface area (TPSA) is 86.9 Å². The van der Waals surface area contributed by atoms with Gasteiger partial charge in [0.2, 0.25) is 0 Å². The van der Waals surface area contributed by atoms with Gasteiger partial charge in [0.25, 0.3) is 5.56 Å². The number of benzene rings is 1. The van der Waals surface area contributed by atoms with E-state index in [0.717, 1.165) is 0 Å². The Kier molecular flexibility index (Phi) is 2.85. The molecular formula is C13H12N4O2. The van der Waals surface area contributed by atoms with Crippen molar-refractivity contribution in [1.82, 2.24) is 15.0 Å². The third-order valence-electron chi connectivity index (χ3n) is 2.85. The van der Waals surface area contributed by atoms with E-state index >= 15 is 0 Å². The van der Waals surface area contributed by atoms with Gasteiger partial charge < -0.3 is 10.2 Å². The molecular weight excluding hydrogens is 244 g/mol. The Labute approximate surface area is 108 Å². The van der Waals surface area contributed by atoms with Crippen LogP contribution in [0.25, 0.3) is 10.9 Å². The molecule has 96 valence electrons. The third kappa shape index (κ3) is 2.13. The van der Waals surface area contributed by atoms with E-state index in [1.807, 2.05) is 6.07 Å². The average Bonchev–Trinajstić information content (AvgIpc) is 2.90. The molecule has 0 bridgehead atoms. The summed E-state index contributed by atoms with van der Waals surface area (Å²) < 4.78 is 6.73. The van der Waals surface area contributed by atoms with Crippen molar-refractivity contribution in [3.63, 3.8) is 0 Å². The third-order valence-corrected chi connectivity index (χ3v) is 2.85. The van der Waals surface area contributed by atoms with Crippen LogP contribution in [0.5, 0.6) is 0 Å². The highest BCUT2D eigenvalue weighted by molar-refractivity contribution is 5.76. The summed E-state index contributed by atoms with van der Waals surface area (Å²) in [6.45, 7) is 0.578. The lowest BCUT2D eigenvalue weighted by molar-refractivity contribution is 0.435. The molecule has 0 spiro atoms. The molecule has 0 fully saturated rings. The zero-order valence-corrected chi connectivity index (χ0v) is 10.1. The highest BCUT2D eigenvalue weighted by atomic mass is 16.3. The number of aromatic nitrogens is 3. The van der Waals surface area contributed by atoms with E-state index in [4.69, 9.17) is 10.2 Å². The molecule has 0 radical (unpaired) electrons. The SMILES string of the molecule is NCc1ccc(Cn2nnc3ccccc3c2=O)o1. The Morgan fingerprint density at radius 1 is 1.16 bits per heavy atom. The van der Waals surface area contributed by atoms with Crippen molar-refractivity contribution in [3.8, 4) is 0 Å². The van der Waals surface area contributed by atoms with Crippen molar-refractivity contribution < 1.29 is 4.42 Å². The normalized spacial score (nSPS) is 11.0. The van der Waals surface area contributed by atoms with Crippen LogP contribution in [-0.4, -0.2) is 15.0 Å². The number of hydrogen-bond acceptors (Lipinski definition) is 5. The molecule has 3 rings (SSSR count). The van der Waals surface area contributed by atoms with Crippen LogP contribution in [0.1, 0.15) is 11.5 Å². The number of nitrogens with two attached hydrogens (primary N) is 1. The van der Waals surface area contributed by atoms with Gasteiger partial charge in [-0.25, -0.2) is 4.68 Å². The van der Waals surface area contributed by atoms with Gasteiger partial charge in [-0.3, -0.25) is 4.79 Å². The van der Waals surface area contributed by atoms with Gasteiger partial charge in [-0.05, 0) is 24.3 Å². The average molecular weight is 256 g/mol. The van der Waals surface area contributed by atoms with Crippen molar-refractivity contribution in [1.29, 1.82) is 0 Å². The van der Waals surface area contributed by atoms with E-state index < -0.39 is 0 Å². The summed E-state index contributed by atoms with van der Waals surface area (Å²) in [4.78, 5) is 12.2. The van der Waals surface area contributed by atoms with Gasteiger partial charge in [0.05, 0.1) is 11.9 Å². The van der Waals surface area contributed by atoms with Crippen LogP contribution >= 0.6 is 0 Å². The van der Waals surface area contributed by atoms with Crippen LogP contribution in [0, 0.1) is 0 Å². The predicted molar refractivity (Wildman–Crippen MR) is 69.5 cm³/mol. The fourth-order valence-electron chi connectivity index (χ4n) is 1.89. The monoisotopic (exact) mass is 256 g/mol. The first-order valence-corrected chi connectivity index (χ1v) is 5.88. The van der Waals surface area contributed by atoms with Crippen molar-refractivity contribution in [2.75, 3.05) is 0 Å². The summed E-state index contributed by atoms with van der Waals surface area (Å²) in [5, 5.41) is 8.46. The quantitative estimate of drug-likeness (QED) is 0.752. The van der Waals surface area contributed by atoms with E-state index in [9.17, 15) is 4.79 Å². The van der Waals surface area contributed by atoms with E-state index in [1.54, 1.807) is 30.3 Å². The van der Waals surface area contributed by atoms with Gasteiger partial charge in [-0.2, -0.15) is 0 Å². The molecule has 2 aromatic heterocycles. The molecule has 0 saturated heterocycles. The van der Waals surface area contributed by atoms with Crippen LogP contribution in [0.3, 0.4) is 0 Å². The van der Waals surface area contributed by atoms with Crippen LogP contribution in [0.15, 0.2) is 45.6 Å². The maximum Gasteiger partial charge on any atom is 0.278 e. The van der Waals surface area contributed by atoms with Gasteiger partial charge >= 0.3 is 0 Å². The summed E-state index contributed by atoms with van der Waals surface area (Å²) in [7, 11) is 0. The Bertz CT molecular complexity index is 775. The highest BCUT2D eigenvalue weighted by Gasteiger charge is 2.07. The summed E-state index contributed by atoms with van der Waals surface area (Å²) in [5.41, 5.74) is 5.88. The smallest absolute Gasteiger partial charge is 0.278 e. The standard InChI is InChI=1S/C13H12N4O2/c14-7-9-5-6-10(19-9)8-17-13(18)11-3-1-2-4-12(11)15-16-17/h1-6H,7-8,14H2. The Morgan fingerprint density at radius 2 is 1.95 bits per heavy atom. The number of rotatable bonds is 3. The molecule has 6 heteroatoms. The summed E-state index contributed by atoms with van der Waals surface area (Å²) >= 11 is 0. The molecule has 2 heterocycles. The summed E-state index contributed by atoms with van der Waals surface area (Å²) in [6.07, 6.45) is 0. The first-order chi connectivity index (χ1) is 9.28. The lowest BCUT2D eigenvalue weighted by Crippen LogP contribution is -2.24. The second-order valence-corrected chi connectivity index (χ2v) is 4.14. The molecule has 19 heavy (non-hydrogen) atoms. The minimum absolute atomic E-state index is 0.184. The molecule has 0 unspecified atom stereocenters. The highest BCUT2D eigenvalue weighted by Crippen LogP contribution is 2.08. The van der Waals surface area contributed by atoms with Crippen LogP contribution in [0.2, 0.25) is 0 Å². The zero-order valence-electron chi connectivity index (χ0n) is 10.1. The predicted octanol–water partition coefficient (Wildman–Crippen LogP) is 0.891. The molecule has 0 amide bonds. The lowest BCUT2D eigenvalue weighted by Gasteiger charge is -2.02. The molecule has 0 aliphatic heterocycles. The molecule has 0 saturated carbocycles. The van der Waals surface area contributed by atoms with Crippen molar-refractivity contribution >= 4 is 10.9 Å². The van der Waals surface area contributed by atoms with Gasteiger partial charge in [0.1, 0.15) is 23.6 Å². The minimum atomic E-state index is -0.184. The second kappa shape index (κ2) is 4.66. The van der Waals surface area contributed by atoms with Gasteiger partial charge in [-0.15, -0.1) is 5.10 Å². The summed E-state index contributed by atoms with van der Waals surface area (Å²) in [5.74, 6) is 1.31. The molecule has 0 aliphatic rings. The Morgan fingerprint density at radius 3 is 2.74 bits per heavy atom. The van der Waals surface area contributed by atoms with Gasteiger partial charge in [0, 0.05) is 0 Å². The number of furan rings is 1. The first kappa shape index (κ1) is 11.6. The Balaban J connectivity index is 2.01. The van der Waals surface area contributed by atoms with Gasteiger partial charge in [0.15, 0.2) is 0 Å². The first-order valence-electron chi connectivity index (χ1n) is 5.88. The number of hydrogen-bond donors (Lipinski definition) is 1. The van der Waals surface area contributed by atoms with E-state index in [1.165, 1.54) is 4.68 Å². The molecule has 3 aromatic rings. The van der Waals surface area contributed by atoms with Crippen molar-refractivity contribution in [3.05, 3.63) is 58.3 Å². The van der Waals surface area contributed by atoms with Crippen molar-refractivity contribution in [2.45, 2.75) is 13.1 Å². The van der Waals surface area contributed by atoms with Gasteiger partial charge in [-0.1, -0.05) is 17.3 Å².